The standard InChI is InChI=1S/C17H18F3N/c1-4-21-17(12-7-14(19)9-15(20)8-12)16-10(2)5-13(18)6-11(16)3/h5-9,17,21H,4H2,1-3H3. The van der Waals surface area contributed by atoms with Crippen molar-refractivity contribution in [2.24, 2.45) is 0 Å². The van der Waals surface area contributed by atoms with E-state index in [1.54, 1.807) is 13.8 Å². The van der Waals surface area contributed by atoms with Crippen molar-refractivity contribution in [1.29, 1.82) is 0 Å². The van der Waals surface area contributed by atoms with Gasteiger partial charge in [0.2, 0.25) is 0 Å². The van der Waals surface area contributed by atoms with E-state index in [1.807, 2.05) is 6.92 Å². The average Bonchev–Trinajstić information content (AvgIpc) is 2.35. The average molecular weight is 293 g/mol. The van der Waals surface area contributed by atoms with Gasteiger partial charge in [-0.2, -0.15) is 0 Å². The largest absolute Gasteiger partial charge is 0.307 e. The van der Waals surface area contributed by atoms with Crippen LogP contribution in [0.1, 0.15) is 35.2 Å². The summed E-state index contributed by atoms with van der Waals surface area (Å²) in [4.78, 5) is 0. The summed E-state index contributed by atoms with van der Waals surface area (Å²) >= 11 is 0. The van der Waals surface area contributed by atoms with Crippen molar-refractivity contribution in [2.45, 2.75) is 26.8 Å². The van der Waals surface area contributed by atoms with Gasteiger partial charge in [-0.15, -0.1) is 0 Å². The van der Waals surface area contributed by atoms with Gasteiger partial charge in [0.15, 0.2) is 0 Å². The molecular formula is C17H18F3N. The summed E-state index contributed by atoms with van der Waals surface area (Å²) < 4.78 is 40.4. The zero-order valence-corrected chi connectivity index (χ0v) is 12.3. The smallest absolute Gasteiger partial charge is 0.126 e. The molecule has 0 saturated heterocycles. The highest BCUT2D eigenvalue weighted by Crippen LogP contribution is 2.29. The molecule has 2 aromatic rings. The van der Waals surface area contributed by atoms with Crippen LogP contribution in [0.2, 0.25) is 0 Å². The molecule has 0 fully saturated rings. The Bertz CT molecular complexity index is 609. The summed E-state index contributed by atoms with van der Waals surface area (Å²) in [7, 11) is 0. The molecule has 1 unspecified atom stereocenters. The van der Waals surface area contributed by atoms with Gasteiger partial charge in [0.05, 0.1) is 6.04 Å². The van der Waals surface area contributed by atoms with Crippen LogP contribution in [0, 0.1) is 31.3 Å². The molecule has 0 radical (unpaired) electrons. The summed E-state index contributed by atoms with van der Waals surface area (Å²) in [6.45, 7) is 6.13. The monoisotopic (exact) mass is 293 g/mol. The molecule has 1 nitrogen and oxygen atoms in total. The van der Waals surface area contributed by atoms with Crippen LogP contribution in [-0.4, -0.2) is 6.54 Å². The molecule has 0 bridgehead atoms. The lowest BCUT2D eigenvalue weighted by Gasteiger charge is -2.23. The molecule has 0 aromatic heterocycles. The lowest BCUT2D eigenvalue weighted by molar-refractivity contribution is 0.562. The Labute approximate surface area is 122 Å². The lowest BCUT2D eigenvalue weighted by atomic mass is 9.91. The van der Waals surface area contributed by atoms with Crippen molar-refractivity contribution in [1.82, 2.24) is 5.32 Å². The first-order chi connectivity index (χ1) is 9.92. The SMILES string of the molecule is CCNC(c1cc(F)cc(F)c1)c1c(C)cc(F)cc1C. The zero-order chi connectivity index (χ0) is 15.6. The zero-order valence-electron chi connectivity index (χ0n) is 12.3. The lowest BCUT2D eigenvalue weighted by Crippen LogP contribution is -2.24. The van der Waals surface area contributed by atoms with Gasteiger partial charge in [0, 0.05) is 6.07 Å². The Hall–Kier alpha value is -1.81. The van der Waals surface area contributed by atoms with Crippen molar-refractivity contribution in [3.63, 3.8) is 0 Å². The summed E-state index contributed by atoms with van der Waals surface area (Å²) in [5, 5.41) is 3.21. The van der Waals surface area contributed by atoms with Crippen molar-refractivity contribution < 1.29 is 13.2 Å². The molecule has 1 N–H and O–H groups in total. The molecule has 0 spiro atoms. The van der Waals surface area contributed by atoms with Crippen molar-refractivity contribution >= 4 is 0 Å². The molecule has 0 aliphatic heterocycles. The normalized spacial score (nSPS) is 12.5. The molecule has 0 aliphatic rings. The Kier molecular flexibility index (Phi) is 4.68. The molecule has 0 heterocycles. The third-order valence-corrected chi connectivity index (χ3v) is 3.47. The predicted octanol–water partition coefficient (Wildman–Crippen LogP) is 4.42. The quantitative estimate of drug-likeness (QED) is 0.880. The minimum absolute atomic E-state index is 0.311. The number of halogens is 3. The van der Waals surface area contributed by atoms with Gasteiger partial charge in [-0.3, -0.25) is 0 Å². The summed E-state index contributed by atoms with van der Waals surface area (Å²) in [6, 6.07) is 5.94. The number of aryl methyl sites for hydroxylation is 2. The van der Waals surface area contributed by atoms with Gasteiger partial charge < -0.3 is 5.32 Å². The minimum Gasteiger partial charge on any atom is -0.307 e. The molecule has 0 aliphatic carbocycles. The molecule has 4 heteroatoms. The second kappa shape index (κ2) is 6.31. The van der Waals surface area contributed by atoms with Crippen LogP contribution in [0.25, 0.3) is 0 Å². The highest BCUT2D eigenvalue weighted by Gasteiger charge is 2.19. The highest BCUT2D eigenvalue weighted by molar-refractivity contribution is 5.42. The van der Waals surface area contributed by atoms with E-state index in [0.717, 1.165) is 22.8 Å². The fourth-order valence-electron chi connectivity index (χ4n) is 2.71. The Morgan fingerprint density at radius 1 is 0.857 bits per heavy atom. The van der Waals surface area contributed by atoms with Crippen LogP contribution in [0.4, 0.5) is 13.2 Å². The second-order valence-electron chi connectivity index (χ2n) is 5.15. The maximum atomic E-state index is 13.5. The van der Waals surface area contributed by atoms with Crippen LogP contribution >= 0.6 is 0 Å². The predicted molar refractivity (Wildman–Crippen MR) is 77.8 cm³/mol. The van der Waals surface area contributed by atoms with Crippen molar-refractivity contribution in [3.05, 3.63) is 70.0 Å². The fourth-order valence-corrected chi connectivity index (χ4v) is 2.71. The Morgan fingerprint density at radius 3 is 1.81 bits per heavy atom. The van der Waals surface area contributed by atoms with Crippen molar-refractivity contribution in [2.75, 3.05) is 6.54 Å². The number of nitrogens with one attached hydrogen (secondary N) is 1. The summed E-state index contributed by atoms with van der Waals surface area (Å²) in [5.74, 6) is -1.55. The number of benzene rings is 2. The first kappa shape index (κ1) is 15.6. The van der Waals surface area contributed by atoms with E-state index in [1.165, 1.54) is 24.3 Å². The molecular weight excluding hydrogens is 275 g/mol. The van der Waals surface area contributed by atoms with Crippen LogP contribution in [0.5, 0.6) is 0 Å². The van der Waals surface area contributed by atoms with Crippen molar-refractivity contribution in [3.8, 4) is 0 Å². The van der Waals surface area contributed by atoms with Crippen LogP contribution in [-0.2, 0) is 0 Å². The molecule has 0 amide bonds. The number of hydrogen-bond acceptors (Lipinski definition) is 1. The fraction of sp³-hybridized carbons (Fsp3) is 0.294. The molecule has 112 valence electrons. The number of hydrogen-bond donors (Lipinski definition) is 1. The third-order valence-electron chi connectivity index (χ3n) is 3.47. The van der Waals surface area contributed by atoms with E-state index in [4.69, 9.17) is 0 Å². The van der Waals surface area contributed by atoms with Gasteiger partial charge in [-0.05, 0) is 66.9 Å². The molecule has 0 saturated carbocycles. The topological polar surface area (TPSA) is 12.0 Å². The van der Waals surface area contributed by atoms with Gasteiger partial charge in [0.1, 0.15) is 17.5 Å². The van der Waals surface area contributed by atoms with E-state index in [0.29, 0.717) is 12.1 Å². The first-order valence-corrected chi connectivity index (χ1v) is 6.88. The first-order valence-electron chi connectivity index (χ1n) is 6.88. The van der Waals surface area contributed by atoms with E-state index >= 15 is 0 Å². The third kappa shape index (κ3) is 3.45. The molecule has 2 aromatic carbocycles. The van der Waals surface area contributed by atoms with Gasteiger partial charge >= 0.3 is 0 Å². The Balaban J connectivity index is 2.58. The van der Waals surface area contributed by atoms with E-state index in [2.05, 4.69) is 5.32 Å². The second-order valence-corrected chi connectivity index (χ2v) is 5.15. The van der Waals surface area contributed by atoms with E-state index in [9.17, 15) is 13.2 Å². The van der Waals surface area contributed by atoms with Gasteiger partial charge in [0.25, 0.3) is 0 Å². The van der Waals surface area contributed by atoms with E-state index in [-0.39, 0.29) is 11.9 Å². The van der Waals surface area contributed by atoms with Crippen LogP contribution in [0.15, 0.2) is 30.3 Å². The summed E-state index contributed by atoms with van der Waals surface area (Å²) in [5.41, 5.74) is 2.85. The summed E-state index contributed by atoms with van der Waals surface area (Å²) in [6.07, 6.45) is 0. The highest BCUT2D eigenvalue weighted by atomic mass is 19.1. The van der Waals surface area contributed by atoms with Crippen LogP contribution in [0.3, 0.4) is 0 Å². The minimum atomic E-state index is -0.620. The van der Waals surface area contributed by atoms with Gasteiger partial charge in [-0.1, -0.05) is 6.92 Å². The maximum absolute atomic E-state index is 13.5. The Morgan fingerprint density at radius 2 is 1.33 bits per heavy atom. The molecule has 21 heavy (non-hydrogen) atoms. The molecule has 2 rings (SSSR count). The number of rotatable bonds is 4. The van der Waals surface area contributed by atoms with Gasteiger partial charge in [-0.25, -0.2) is 13.2 Å². The van der Waals surface area contributed by atoms with Crippen LogP contribution < -0.4 is 5.32 Å². The maximum Gasteiger partial charge on any atom is 0.126 e. The van der Waals surface area contributed by atoms with E-state index < -0.39 is 11.6 Å². The molecule has 1 atom stereocenters.